The van der Waals surface area contributed by atoms with Crippen molar-refractivity contribution in [3.05, 3.63) is 0 Å². The Morgan fingerprint density at radius 3 is 2.00 bits per heavy atom. The van der Waals surface area contributed by atoms with Crippen molar-refractivity contribution in [1.82, 2.24) is 14.7 Å². The van der Waals surface area contributed by atoms with Crippen LogP contribution in [0.5, 0.6) is 0 Å². The molecular formula is C13H27N3. The lowest BCUT2D eigenvalue weighted by Crippen LogP contribution is -2.45. The standard InChI is InChI=1S/C13H27N3/c1-14-6-3-13(4-7-14)5-8-16-11-9-15(2)10-12-16/h13H,3-12H2,1-2H3. The van der Waals surface area contributed by atoms with E-state index >= 15 is 0 Å². The second-order valence-electron chi connectivity index (χ2n) is 5.68. The Morgan fingerprint density at radius 1 is 0.812 bits per heavy atom. The number of piperidine rings is 1. The predicted molar refractivity (Wildman–Crippen MR) is 68.8 cm³/mol. The van der Waals surface area contributed by atoms with Gasteiger partial charge in [0.25, 0.3) is 0 Å². The minimum Gasteiger partial charge on any atom is -0.306 e. The van der Waals surface area contributed by atoms with E-state index in [0.29, 0.717) is 0 Å². The van der Waals surface area contributed by atoms with Gasteiger partial charge >= 0.3 is 0 Å². The van der Waals surface area contributed by atoms with E-state index < -0.39 is 0 Å². The van der Waals surface area contributed by atoms with Crippen molar-refractivity contribution in [2.45, 2.75) is 19.3 Å². The Bertz CT molecular complexity index is 169. The Kier molecular flexibility index (Phi) is 4.62. The molecule has 0 spiro atoms. The van der Waals surface area contributed by atoms with Gasteiger partial charge in [-0.3, -0.25) is 0 Å². The molecule has 0 aromatic rings. The summed E-state index contributed by atoms with van der Waals surface area (Å²) in [6, 6.07) is 0. The molecule has 3 heteroatoms. The summed E-state index contributed by atoms with van der Waals surface area (Å²) in [5.74, 6) is 0.996. The normalized spacial score (nSPS) is 27.4. The number of hydrogen-bond donors (Lipinski definition) is 0. The molecule has 0 saturated carbocycles. The SMILES string of the molecule is CN1CCC(CCN2CCN(C)CC2)CC1. The number of likely N-dealkylation sites (tertiary alicyclic amines) is 1. The first kappa shape index (κ1) is 12.3. The predicted octanol–water partition coefficient (Wildman–Crippen LogP) is 0.966. The van der Waals surface area contributed by atoms with Gasteiger partial charge in [0.1, 0.15) is 0 Å². The van der Waals surface area contributed by atoms with Crippen LogP contribution >= 0.6 is 0 Å². The van der Waals surface area contributed by atoms with Gasteiger partial charge in [0.2, 0.25) is 0 Å². The number of hydrogen-bond acceptors (Lipinski definition) is 3. The second-order valence-corrected chi connectivity index (χ2v) is 5.68. The van der Waals surface area contributed by atoms with E-state index in [1.54, 1.807) is 0 Å². The van der Waals surface area contributed by atoms with Crippen LogP contribution in [0.2, 0.25) is 0 Å². The lowest BCUT2D eigenvalue weighted by Gasteiger charge is -2.34. The first-order chi connectivity index (χ1) is 7.74. The molecule has 0 aliphatic carbocycles. The first-order valence-electron chi connectivity index (χ1n) is 6.83. The molecule has 2 saturated heterocycles. The van der Waals surface area contributed by atoms with Crippen molar-refractivity contribution < 1.29 is 0 Å². The van der Waals surface area contributed by atoms with Gasteiger partial charge in [0.15, 0.2) is 0 Å². The number of nitrogens with zero attached hydrogens (tertiary/aromatic N) is 3. The van der Waals surface area contributed by atoms with Crippen molar-refractivity contribution in [3.8, 4) is 0 Å². The van der Waals surface area contributed by atoms with E-state index in [0.717, 1.165) is 5.92 Å². The van der Waals surface area contributed by atoms with Crippen molar-refractivity contribution in [2.75, 3.05) is 59.9 Å². The maximum Gasteiger partial charge on any atom is 0.0110 e. The van der Waals surface area contributed by atoms with Crippen LogP contribution in [0.3, 0.4) is 0 Å². The smallest absolute Gasteiger partial charge is 0.0110 e. The fourth-order valence-corrected chi connectivity index (χ4v) is 2.79. The highest BCUT2D eigenvalue weighted by Crippen LogP contribution is 2.19. The van der Waals surface area contributed by atoms with Crippen LogP contribution in [0, 0.1) is 5.92 Å². The van der Waals surface area contributed by atoms with Crippen LogP contribution in [-0.2, 0) is 0 Å². The van der Waals surface area contributed by atoms with E-state index in [-0.39, 0.29) is 0 Å². The highest BCUT2D eigenvalue weighted by Gasteiger charge is 2.19. The molecule has 2 aliphatic rings. The molecule has 0 aromatic heterocycles. The summed E-state index contributed by atoms with van der Waals surface area (Å²) in [5, 5.41) is 0. The highest BCUT2D eigenvalue weighted by atomic mass is 15.2. The van der Waals surface area contributed by atoms with E-state index in [1.807, 2.05) is 0 Å². The van der Waals surface area contributed by atoms with E-state index in [4.69, 9.17) is 0 Å². The molecule has 2 rings (SSSR count). The topological polar surface area (TPSA) is 9.72 Å². The molecule has 0 unspecified atom stereocenters. The molecular weight excluding hydrogens is 198 g/mol. The van der Waals surface area contributed by atoms with Gasteiger partial charge in [-0.25, -0.2) is 0 Å². The van der Waals surface area contributed by atoms with Gasteiger partial charge in [0.05, 0.1) is 0 Å². The summed E-state index contributed by atoms with van der Waals surface area (Å²) < 4.78 is 0. The van der Waals surface area contributed by atoms with Crippen LogP contribution in [-0.4, -0.2) is 74.6 Å². The maximum absolute atomic E-state index is 2.65. The van der Waals surface area contributed by atoms with Crippen LogP contribution in [0.25, 0.3) is 0 Å². The van der Waals surface area contributed by atoms with Crippen LogP contribution in [0.4, 0.5) is 0 Å². The van der Waals surface area contributed by atoms with E-state index in [1.165, 1.54) is 65.1 Å². The summed E-state index contributed by atoms with van der Waals surface area (Å²) in [5.41, 5.74) is 0. The third-order valence-corrected chi connectivity index (χ3v) is 4.29. The van der Waals surface area contributed by atoms with Gasteiger partial charge in [-0.05, 0) is 58.9 Å². The van der Waals surface area contributed by atoms with Crippen molar-refractivity contribution in [1.29, 1.82) is 0 Å². The summed E-state index contributed by atoms with van der Waals surface area (Å²) in [7, 11) is 4.48. The molecule has 16 heavy (non-hydrogen) atoms. The molecule has 0 N–H and O–H groups in total. The average Bonchev–Trinajstić information content (AvgIpc) is 2.30. The number of rotatable bonds is 3. The summed E-state index contributed by atoms with van der Waals surface area (Å²) >= 11 is 0. The Morgan fingerprint density at radius 2 is 1.38 bits per heavy atom. The van der Waals surface area contributed by atoms with E-state index in [2.05, 4.69) is 28.8 Å². The molecule has 0 atom stereocenters. The third-order valence-electron chi connectivity index (χ3n) is 4.29. The molecule has 2 heterocycles. The van der Waals surface area contributed by atoms with Crippen molar-refractivity contribution in [3.63, 3.8) is 0 Å². The first-order valence-corrected chi connectivity index (χ1v) is 6.83. The lowest BCUT2D eigenvalue weighted by molar-refractivity contribution is 0.135. The van der Waals surface area contributed by atoms with Gasteiger partial charge in [0, 0.05) is 26.2 Å². The van der Waals surface area contributed by atoms with Crippen LogP contribution in [0.1, 0.15) is 19.3 Å². The fourth-order valence-electron chi connectivity index (χ4n) is 2.79. The van der Waals surface area contributed by atoms with Gasteiger partial charge < -0.3 is 14.7 Å². The molecule has 2 fully saturated rings. The fraction of sp³-hybridized carbons (Fsp3) is 1.00. The maximum atomic E-state index is 2.65. The van der Waals surface area contributed by atoms with Gasteiger partial charge in [-0.2, -0.15) is 0 Å². The number of likely N-dealkylation sites (N-methyl/N-ethyl adjacent to an activating group) is 1. The molecule has 0 aromatic carbocycles. The zero-order valence-electron chi connectivity index (χ0n) is 11.0. The zero-order chi connectivity index (χ0) is 11.4. The molecule has 3 nitrogen and oxygen atoms in total. The summed E-state index contributed by atoms with van der Waals surface area (Å²) in [6.07, 6.45) is 4.27. The van der Waals surface area contributed by atoms with Gasteiger partial charge in [-0.15, -0.1) is 0 Å². The Labute approximate surface area is 100 Å². The average molecular weight is 225 g/mol. The van der Waals surface area contributed by atoms with Crippen molar-refractivity contribution >= 4 is 0 Å². The van der Waals surface area contributed by atoms with E-state index in [9.17, 15) is 0 Å². The summed E-state index contributed by atoms with van der Waals surface area (Å²) in [6.45, 7) is 9.04. The largest absolute Gasteiger partial charge is 0.306 e. The monoisotopic (exact) mass is 225 g/mol. The molecule has 0 bridgehead atoms. The Hall–Kier alpha value is -0.120. The quantitative estimate of drug-likeness (QED) is 0.708. The molecule has 94 valence electrons. The van der Waals surface area contributed by atoms with Crippen LogP contribution in [0.15, 0.2) is 0 Å². The number of piperazine rings is 1. The molecule has 0 radical (unpaired) electrons. The van der Waals surface area contributed by atoms with Gasteiger partial charge in [-0.1, -0.05) is 0 Å². The second kappa shape index (κ2) is 5.99. The minimum atomic E-state index is 0.996. The highest BCUT2D eigenvalue weighted by molar-refractivity contribution is 4.74. The summed E-state index contributed by atoms with van der Waals surface area (Å²) in [4.78, 5) is 7.55. The minimum absolute atomic E-state index is 0.996. The Balaban J connectivity index is 1.60. The van der Waals surface area contributed by atoms with Crippen molar-refractivity contribution in [2.24, 2.45) is 5.92 Å². The molecule has 0 amide bonds. The lowest BCUT2D eigenvalue weighted by atomic mass is 9.93. The zero-order valence-corrected chi connectivity index (χ0v) is 11.0. The van der Waals surface area contributed by atoms with Crippen LogP contribution < -0.4 is 0 Å². The molecule has 2 aliphatic heterocycles. The third kappa shape index (κ3) is 3.72.